The second-order valence-electron chi connectivity index (χ2n) is 12.5. The number of hydrogen-bond acceptors (Lipinski definition) is 7. The second-order valence-corrected chi connectivity index (χ2v) is 13.7. The van der Waals surface area contributed by atoms with Gasteiger partial charge in [0.1, 0.15) is 11.9 Å². The number of carbonyl (C=O) groups is 3. The Bertz CT molecular complexity index is 1490. The number of nitrogens with one attached hydrogen (secondary N) is 1. The smallest absolute Gasteiger partial charge is 0.343 e. The summed E-state index contributed by atoms with van der Waals surface area (Å²) in [6.07, 6.45) is 7.57. The van der Waals surface area contributed by atoms with E-state index < -0.39 is 0 Å². The zero-order valence-electron chi connectivity index (χ0n) is 24.4. The first kappa shape index (κ1) is 28.6. The first-order valence-electron chi connectivity index (χ1n) is 15.0. The Morgan fingerprint density at radius 3 is 2.67 bits per heavy atom. The summed E-state index contributed by atoms with van der Waals surface area (Å²) in [7, 11) is 0. The van der Waals surface area contributed by atoms with Gasteiger partial charge in [0.25, 0.3) is 0 Å². The summed E-state index contributed by atoms with van der Waals surface area (Å²) in [4.78, 5) is 42.9. The molecule has 6 atom stereocenters. The number of esters is 2. The van der Waals surface area contributed by atoms with Crippen molar-refractivity contribution in [3.05, 3.63) is 76.3 Å². The van der Waals surface area contributed by atoms with Crippen molar-refractivity contribution in [3.8, 4) is 5.75 Å². The van der Waals surface area contributed by atoms with Crippen LogP contribution in [0.3, 0.4) is 0 Å². The number of hydrogen-bond donors (Lipinski definition) is 1. The summed E-state index contributed by atoms with van der Waals surface area (Å²) in [6.45, 7) is 5.78. The standard InChI is InChI=1S/C34H38N2O5S/c1-20-19-35-33(42-20)36-30(38)14-10-24-18-29(40-21(2)37)34(3)16-15-27-26-13-11-25(17-23(26)9-12-28(27)31(24)34)41-32(39)22-7-5-4-6-8-22/h4-8,11,13,17,19,24,27-29,31H,9-10,12,14-16,18H2,1-3H3,(H,35,36,38)/t24-,27?,28?,29+,31?,34-/m1/s1. The van der Waals surface area contributed by atoms with Crippen molar-refractivity contribution in [2.24, 2.45) is 23.2 Å². The summed E-state index contributed by atoms with van der Waals surface area (Å²) in [5, 5.41) is 3.60. The monoisotopic (exact) mass is 586 g/mol. The lowest BCUT2D eigenvalue weighted by atomic mass is 9.53. The van der Waals surface area contributed by atoms with Crippen molar-refractivity contribution in [1.29, 1.82) is 0 Å². The van der Waals surface area contributed by atoms with Gasteiger partial charge in [0, 0.05) is 29.8 Å². The van der Waals surface area contributed by atoms with E-state index in [0.29, 0.717) is 46.5 Å². The molecule has 0 saturated heterocycles. The van der Waals surface area contributed by atoms with Crippen molar-refractivity contribution < 1.29 is 23.9 Å². The van der Waals surface area contributed by atoms with Crippen LogP contribution in [0.1, 0.15) is 84.7 Å². The lowest BCUT2D eigenvalue weighted by Crippen LogP contribution is -2.46. The second kappa shape index (κ2) is 11.6. The van der Waals surface area contributed by atoms with Gasteiger partial charge in [-0.25, -0.2) is 9.78 Å². The Balaban J connectivity index is 1.20. The Kier molecular flexibility index (Phi) is 7.92. The Morgan fingerprint density at radius 2 is 1.93 bits per heavy atom. The number of ether oxygens (including phenoxy) is 2. The van der Waals surface area contributed by atoms with Crippen molar-refractivity contribution in [3.63, 3.8) is 0 Å². The molecule has 3 unspecified atom stereocenters. The predicted octanol–water partition coefficient (Wildman–Crippen LogP) is 7.10. The fourth-order valence-corrected chi connectivity index (χ4v) is 8.87. The maximum Gasteiger partial charge on any atom is 0.343 e. The van der Waals surface area contributed by atoms with E-state index in [-0.39, 0.29) is 29.4 Å². The molecular formula is C34H38N2O5S. The van der Waals surface area contributed by atoms with Crippen LogP contribution in [0, 0.1) is 30.1 Å². The third kappa shape index (κ3) is 5.61. The number of fused-ring (bicyclic) bond motifs is 5. The summed E-state index contributed by atoms with van der Waals surface area (Å²) in [5.41, 5.74) is 3.02. The van der Waals surface area contributed by atoms with E-state index in [4.69, 9.17) is 9.47 Å². The SMILES string of the molecule is CC(=O)O[C@H]1C[C@@H](CCC(=O)Nc2ncc(C)s2)C2C3CCc4cc(OC(=O)c5ccccc5)ccc4C3CC[C@@]21C. The molecule has 2 saturated carbocycles. The molecule has 1 amide bonds. The Hall–Kier alpha value is -3.52. The van der Waals surface area contributed by atoms with E-state index in [2.05, 4.69) is 23.3 Å². The van der Waals surface area contributed by atoms with Crippen LogP contribution in [-0.4, -0.2) is 28.9 Å². The molecule has 2 fully saturated rings. The van der Waals surface area contributed by atoms with Gasteiger partial charge in [-0.3, -0.25) is 9.59 Å². The van der Waals surface area contributed by atoms with Crippen LogP contribution in [0.5, 0.6) is 5.75 Å². The van der Waals surface area contributed by atoms with Crippen LogP contribution in [-0.2, 0) is 20.7 Å². The first-order valence-corrected chi connectivity index (χ1v) is 15.8. The van der Waals surface area contributed by atoms with Crippen LogP contribution in [0.4, 0.5) is 5.13 Å². The lowest BCUT2D eigenvalue weighted by Gasteiger charge is -2.51. The van der Waals surface area contributed by atoms with Crippen molar-refractivity contribution in [1.82, 2.24) is 4.98 Å². The number of rotatable bonds is 7. The molecule has 0 aliphatic heterocycles. The fraction of sp³-hybridized carbons (Fsp3) is 0.471. The van der Waals surface area contributed by atoms with E-state index in [1.807, 2.05) is 37.3 Å². The molecule has 1 aromatic heterocycles. The number of amides is 1. The molecule has 8 heteroatoms. The molecule has 6 rings (SSSR count). The highest BCUT2D eigenvalue weighted by Crippen LogP contribution is 2.64. The molecule has 0 bridgehead atoms. The normalized spacial score (nSPS) is 27.7. The number of carbonyl (C=O) groups excluding carboxylic acids is 3. The quantitative estimate of drug-likeness (QED) is 0.234. The maximum atomic E-state index is 12.9. The number of aryl methyl sites for hydroxylation is 2. The molecule has 42 heavy (non-hydrogen) atoms. The van der Waals surface area contributed by atoms with Gasteiger partial charge >= 0.3 is 11.9 Å². The Morgan fingerprint density at radius 1 is 1.12 bits per heavy atom. The first-order chi connectivity index (χ1) is 20.2. The summed E-state index contributed by atoms with van der Waals surface area (Å²) in [5.74, 6) is 1.49. The van der Waals surface area contributed by atoms with Crippen molar-refractivity contribution in [2.75, 3.05) is 5.32 Å². The molecule has 3 aliphatic rings. The number of thiazole rings is 1. The van der Waals surface area contributed by atoms with Crippen molar-refractivity contribution in [2.45, 2.75) is 77.7 Å². The lowest BCUT2D eigenvalue weighted by molar-refractivity contribution is -0.154. The number of benzene rings is 2. The summed E-state index contributed by atoms with van der Waals surface area (Å²) < 4.78 is 11.7. The van der Waals surface area contributed by atoms with Crippen LogP contribution >= 0.6 is 11.3 Å². The van der Waals surface area contributed by atoms with E-state index in [1.54, 1.807) is 18.3 Å². The molecule has 0 radical (unpaired) electrons. The van der Waals surface area contributed by atoms with Crippen LogP contribution in [0.25, 0.3) is 0 Å². The van der Waals surface area contributed by atoms with Gasteiger partial charge in [-0.15, -0.1) is 11.3 Å². The third-order valence-electron chi connectivity index (χ3n) is 9.89. The molecule has 1 N–H and O–H groups in total. The predicted molar refractivity (Wildman–Crippen MR) is 162 cm³/mol. The zero-order chi connectivity index (χ0) is 29.4. The van der Waals surface area contributed by atoms with Gasteiger partial charge in [0.2, 0.25) is 5.91 Å². The molecule has 3 aliphatic carbocycles. The average molecular weight is 587 g/mol. The minimum atomic E-state index is -0.350. The number of aromatic nitrogens is 1. The van der Waals surface area contributed by atoms with Crippen LogP contribution in [0.2, 0.25) is 0 Å². The van der Waals surface area contributed by atoms with Gasteiger partial charge in [-0.05, 0) is 105 Å². The fourth-order valence-electron chi connectivity index (χ4n) is 8.19. The van der Waals surface area contributed by atoms with Gasteiger partial charge in [0.15, 0.2) is 5.13 Å². The third-order valence-corrected chi connectivity index (χ3v) is 10.7. The van der Waals surface area contributed by atoms with Crippen LogP contribution in [0.15, 0.2) is 54.7 Å². The van der Waals surface area contributed by atoms with Crippen molar-refractivity contribution >= 4 is 34.3 Å². The van der Waals surface area contributed by atoms with Gasteiger partial charge in [0.05, 0.1) is 5.56 Å². The number of nitrogens with zero attached hydrogens (tertiary/aromatic N) is 1. The van der Waals surface area contributed by atoms with Gasteiger partial charge < -0.3 is 14.8 Å². The highest BCUT2D eigenvalue weighted by Gasteiger charge is 2.59. The van der Waals surface area contributed by atoms with Crippen LogP contribution < -0.4 is 10.1 Å². The summed E-state index contributed by atoms with van der Waals surface area (Å²) in [6, 6.07) is 15.2. The molecule has 3 aromatic rings. The molecule has 2 aromatic carbocycles. The van der Waals surface area contributed by atoms with E-state index >= 15 is 0 Å². The summed E-state index contributed by atoms with van der Waals surface area (Å²) >= 11 is 1.48. The topological polar surface area (TPSA) is 94.6 Å². The minimum Gasteiger partial charge on any atom is -0.462 e. The minimum absolute atomic E-state index is 0.0130. The zero-order valence-corrected chi connectivity index (χ0v) is 25.2. The maximum absolute atomic E-state index is 12.9. The highest BCUT2D eigenvalue weighted by molar-refractivity contribution is 7.15. The molecule has 0 spiro atoms. The van der Waals surface area contributed by atoms with E-state index in [0.717, 1.165) is 43.4 Å². The average Bonchev–Trinajstić information content (AvgIpc) is 3.50. The molecular weight excluding hydrogens is 548 g/mol. The largest absolute Gasteiger partial charge is 0.462 e. The van der Waals surface area contributed by atoms with E-state index in [9.17, 15) is 14.4 Å². The number of anilines is 1. The molecule has 1 heterocycles. The van der Waals surface area contributed by atoms with E-state index in [1.165, 1.54) is 29.4 Å². The Labute approximate surface area is 251 Å². The van der Waals surface area contributed by atoms with Gasteiger partial charge in [-0.1, -0.05) is 31.2 Å². The molecule has 220 valence electrons. The molecule has 7 nitrogen and oxygen atoms in total. The highest BCUT2D eigenvalue weighted by atomic mass is 32.1. The van der Waals surface area contributed by atoms with Gasteiger partial charge in [-0.2, -0.15) is 0 Å².